The quantitative estimate of drug-likeness (QED) is 0.775. The summed E-state index contributed by atoms with van der Waals surface area (Å²) in [5, 5.41) is 3.10. The van der Waals surface area contributed by atoms with Crippen LogP contribution >= 0.6 is 0 Å². The Bertz CT molecular complexity index is 446. The lowest BCUT2D eigenvalue weighted by Gasteiger charge is -2.34. The third-order valence-corrected chi connectivity index (χ3v) is 3.09. The van der Waals surface area contributed by atoms with E-state index in [4.69, 9.17) is 0 Å². The Kier molecular flexibility index (Phi) is 5.19. The molecule has 0 aliphatic heterocycles. The van der Waals surface area contributed by atoms with Gasteiger partial charge in [0.1, 0.15) is 5.82 Å². The standard InChI is InChI=1S/C15H21F4N/c1-5-8-20-13(14(2,3)4)11-9-10(16)6-7-12(11)15(17,18)19/h6-7,9,13,20H,5,8H2,1-4H3. The van der Waals surface area contributed by atoms with Crippen LogP contribution in [0.25, 0.3) is 0 Å². The number of hydrogen-bond acceptors (Lipinski definition) is 1. The first-order valence-electron chi connectivity index (χ1n) is 6.67. The summed E-state index contributed by atoms with van der Waals surface area (Å²) >= 11 is 0. The largest absolute Gasteiger partial charge is 0.416 e. The third-order valence-electron chi connectivity index (χ3n) is 3.09. The second-order valence-electron chi connectivity index (χ2n) is 5.98. The van der Waals surface area contributed by atoms with Gasteiger partial charge in [-0.2, -0.15) is 13.2 Å². The van der Waals surface area contributed by atoms with E-state index in [1.54, 1.807) is 0 Å². The van der Waals surface area contributed by atoms with Crippen molar-refractivity contribution in [2.45, 2.75) is 46.3 Å². The van der Waals surface area contributed by atoms with E-state index in [-0.39, 0.29) is 5.56 Å². The fourth-order valence-corrected chi connectivity index (χ4v) is 2.20. The molecule has 0 saturated carbocycles. The van der Waals surface area contributed by atoms with E-state index in [1.807, 2.05) is 27.7 Å². The predicted molar refractivity (Wildman–Crippen MR) is 71.9 cm³/mol. The Morgan fingerprint density at radius 3 is 2.20 bits per heavy atom. The van der Waals surface area contributed by atoms with Gasteiger partial charge >= 0.3 is 6.18 Å². The molecule has 0 heterocycles. The molecule has 1 aromatic carbocycles. The fraction of sp³-hybridized carbons (Fsp3) is 0.600. The summed E-state index contributed by atoms with van der Waals surface area (Å²) in [7, 11) is 0. The van der Waals surface area contributed by atoms with E-state index in [0.717, 1.165) is 24.6 Å². The number of halogens is 4. The van der Waals surface area contributed by atoms with Crippen LogP contribution in [0.5, 0.6) is 0 Å². The average molecular weight is 291 g/mol. The summed E-state index contributed by atoms with van der Waals surface area (Å²) in [6.45, 7) is 8.03. The van der Waals surface area contributed by atoms with Crippen molar-refractivity contribution in [3.8, 4) is 0 Å². The molecule has 0 aliphatic rings. The first-order valence-corrected chi connectivity index (χ1v) is 6.67. The highest BCUT2D eigenvalue weighted by molar-refractivity contribution is 5.34. The summed E-state index contributed by atoms with van der Waals surface area (Å²) in [5.41, 5.74) is -1.26. The zero-order valence-electron chi connectivity index (χ0n) is 12.2. The zero-order chi connectivity index (χ0) is 15.6. The molecule has 0 radical (unpaired) electrons. The molecule has 0 amide bonds. The summed E-state index contributed by atoms with van der Waals surface area (Å²) in [4.78, 5) is 0. The lowest BCUT2D eigenvalue weighted by atomic mass is 9.80. The molecule has 0 saturated heterocycles. The van der Waals surface area contributed by atoms with Crippen LogP contribution in [-0.2, 0) is 6.18 Å². The van der Waals surface area contributed by atoms with Gasteiger partial charge in [0.05, 0.1) is 5.56 Å². The van der Waals surface area contributed by atoms with Crippen molar-refractivity contribution in [2.24, 2.45) is 5.41 Å². The molecular weight excluding hydrogens is 270 g/mol. The van der Waals surface area contributed by atoms with Gasteiger partial charge in [-0.15, -0.1) is 0 Å². The van der Waals surface area contributed by atoms with E-state index >= 15 is 0 Å². The summed E-state index contributed by atoms with van der Waals surface area (Å²) < 4.78 is 52.7. The Labute approximate surface area is 117 Å². The molecular formula is C15H21F4N. The highest BCUT2D eigenvalue weighted by atomic mass is 19.4. The highest BCUT2D eigenvalue weighted by Gasteiger charge is 2.38. The van der Waals surface area contributed by atoms with Crippen LogP contribution < -0.4 is 5.32 Å². The molecule has 0 fully saturated rings. The Morgan fingerprint density at radius 1 is 1.15 bits per heavy atom. The van der Waals surface area contributed by atoms with Gasteiger partial charge in [0.25, 0.3) is 0 Å². The van der Waals surface area contributed by atoms with Crippen molar-refractivity contribution in [1.82, 2.24) is 5.32 Å². The summed E-state index contributed by atoms with van der Waals surface area (Å²) in [6.07, 6.45) is -3.69. The average Bonchev–Trinajstić information content (AvgIpc) is 2.26. The number of nitrogens with one attached hydrogen (secondary N) is 1. The van der Waals surface area contributed by atoms with Crippen molar-refractivity contribution in [3.63, 3.8) is 0 Å². The van der Waals surface area contributed by atoms with Crippen molar-refractivity contribution in [1.29, 1.82) is 0 Å². The number of hydrogen-bond donors (Lipinski definition) is 1. The molecule has 20 heavy (non-hydrogen) atoms. The van der Waals surface area contributed by atoms with Crippen LogP contribution in [0.2, 0.25) is 0 Å². The second kappa shape index (κ2) is 6.12. The second-order valence-corrected chi connectivity index (χ2v) is 5.98. The van der Waals surface area contributed by atoms with E-state index in [0.29, 0.717) is 6.54 Å². The zero-order valence-corrected chi connectivity index (χ0v) is 12.2. The van der Waals surface area contributed by atoms with Crippen LogP contribution in [0.4, 0.5) is 17.6 Å². The van der Waals surface area contributed by atoms with Gasteiger partial charge < -0.3 is 5.32 Å². The molecule has 1 rings (SSSR count). The maximum absolute atomic E-state index is 13.4. The van der Waals surface area contributed by atoms with E-state index < -0.39 is 29.0 Å². The molecule has 1 atom stereocenters. The van der Waals surface area contributed by atoms with Crippen LogP contribution in [0.3, 0.4) is 0 Å². The Balaban J connectivity index is 3.34. The summed E-state index contributed by atoms with van der Waals surface area (Å²) in [5.74, 6) is -0.652. The van der Waals surface area contributed by atoms with E-state index in [9.17, 15) is 17.6 Å². The molecule has 1 N–H and O–H groups in total. The van der Waals surface area contributed by atoms with Crippen molar-refractivity contribution >= 4 is 0 Å². The minimum atomic E-state index is -4.49. The van der Waals surface area contributed by atoms with Gasteiger partial charge in [-0.25, -0.2) is 4.39 Å². The molecule has 0 aromatic heterocycles. The van der Waals surface area contributed by atoms with E-state index in [1.165, 1.54) is 0 Å². The van der Waals surface area contributed by atoms with Crippen molar-refractivity contribution in [2.75, 3.05) is 6.54 Å². The van der Waals surface area contributed by atoms with E-state index in [2.05, 4.69) is 5.32 Å². The minimum absolute atomic E-state index is 0.0292. The molecule has 0 aliphatic carbocycles. The van der Waals surface area contributed by atoms with Crippen LogP contribution in [-0.4, -0.2) is 6.54 Å². The maximum Gasteiger partial charge on any atom is 0.416 e. The minimum Gasteiger partial charge on any atom is -0.309 e. The van der Waals surface area contributed by atoms with Crippen LogP contribution in [0.15, 0.2) is 18.2 Å². The molecule has 1 nitrogen and oxygen atoms in total. The molecule has 0 spiro atoms. The third kappa shape index (κ3) is 4.20. The van der Waals surface area contributed by atoms with Crippen LogP contribution in [0, 0.1) is 11.2 Å². The molecule has 1 unspecified atom stereocenters. The lowest BCUT2D eigenvalue weighted by Crippen LogP contribution is -2.34. The lowest BCUT2D eigenvalue weighted by molar-refractivity contribution is -0.138. The molecule has 5 heteroatoms. The summed E-state index contributed by atoms with van der Waals surface area (Å²) in [6, 6.07) is 2.10. The highest BCUT2D eigenvalue weighted by Crippen LogP contribution is 2.40. The monoisotopic (exact) mass is 291 g/mol. The number of alkyl halides is 3. The number of rotatable bonds is 4. The van der Waals surface area contributed by atoms with Crippen molar-refractivity contribution < 1.29 is 17.6 Å². The van der Waals surface area contributed by atoms with Gasteiger partial charge in [-0.3, -0.25) is 0 Å². The van der Waals surface area contributed by atoms with Crippen molar-refractivity contribution in [3.05, 3.63) is 35.1 Å². The maximum atomic E-state index is 13.4. The topological polar surface area (TPSA) is 12.0 Å². The fourth-order valence-electron chi connectivity index (χ4n) is 2.20. The first-order chi connectivity index (χ1) is 9.07. The smallest absolute Gasteiger partial charge is 0.309 e. The van der Waals surface area contributed by atoms with Gasteiger partial charge in [-0.1, -0.05) is 27.7 Å². The van der Waals surface area contributed by atoms with Gasteiger partial charge in [0.2, 0.25) is 0 Å². The van der Waals surface area contributed by atoms with Crippen LogP contribution in [0.1, 0.15) is 51.3 Å². The normalized spacial score (nSPS) is 14.4. The predicted octanol–water partition coefficient (Wildman–Crippen LogP) is 4.93. The van der Waals surface area contributed by atoms with Gasteiger partial charge in [0, 0.05) is 6.04 Å². The van der Waals surface area contributed by atoms with Gasteiger partial charge in [0.15, 0.2) is 0 Å². The molecule has 1 aromatic rings. The van der Waals surface area contributed by atoms with Gasteiger partial charge in [-0.05, 0) is 42.1 Å². The Hall–Kier alpha value is -1.10. The number of benzene rings is 1. The SMILES string of the molecule is CCCNC(c1cc(F)ccc1C(F)(F)F)C(C)(C)C. The Morgan fingerprint density at radius 2 is 1.75 bits per heavy atom. The molecule has 114 valence electrons. The first kappa shape index (κ1) is 17.0. The molecule has 0 bridgehead atoms.